The first-order chi connectivity index (χ1) is 15.0. The minimum absolute atomic E-state index is 0.0497. The number of hydrogen-bond donors (Lipinski definition) is 1. The number of rotatable bonds is 8. The third-order valence-corrected chi connectivity index (χ3v) is 5.43. The van der Waals surface area contributed by atoms with E-state index in [9.17, 15) is 21.6 Å². The first-order valence-corrected chi connectivity index (χ1v) is 10.8. The molecular weight excluding hydrogens is 449 g/mol. The van der Waals surface area contributed by atoms with Crippen molar-refractivity contribution in [3.8, 4) is 0 Å². The van der Waals surface area contributed by atoms with E-state index in [0.717, 1.165) is 0 Å². The van der Waals surface area contributed by atoms with Crippen LogP contribution in [0, 0.1) is 13.1 Å². The van der Waals surface area contributed by atoms with Crippen LogP contribution in [0.4, 0.5) is 47.8 Å². The molecule has 0 aliphatic rings. The zero-order valence-corrected chi connectivity index (χ0v) is 18.2. The van der Waals surface area contributed by atoms with Crippen LogP contribution in [-0.4, -0.2) is 36.6 Å². The van der Waals surface area contributed by atoms with Gasteiger partial charge in [-0.1, -0.05) is 23.2 Å². The van der Waals surface area contributed by atoms with Gasteiger partial charge in [-0.25, -0.2) is 4.57 Å². The van der Waals surface area contributed by atoms with E-state index < -0.39 is 21.2 Å². The van der Waals surface area contributed by atoms with E-state index in [1.807, 2.05) is 13.8 Å². The average Bonchev–Trinajstić information content (AvgIpc) is 3.09. The number of azo groups is 1. The summed E-state index contributed by atoms with van der Waals surface area (Å²) < 4.78 is 65.0. The van der Waals surface area contributed by atoms with Crippen LogP contribution in [0.25, 0.3) is 9.69 Å². The Bertz CT molecular complexity index is 1200. The number of imidazole rings is 1. The molecule has 0 spiro atoms. The maximum Gasteiger partial charge on any atom is 0.516 e. The van der Waals surface area contributed by atoms with E-state index in [1.165, 1.54) is 21.4 Å². The summed E-state index contributed by atoms with van der Waals surface area (Å²) in [6, 6.07) is 4.11. The van der Waals surface area contributed by atoms with E-state index in [0.29, 0.717) is 18.8 Å². The number of nitrogens with zero attached hydrogens (tertiary/aromatic N) is 7. The van der Waals surface area contributed by atoms with Crippen molar-refractivity contribution in [1.29, 1.82) is 0 Å². The van der Waals surface area contributed by atoms with Crippen molar-refractivity contribution >= 4 is 44.7 Å². The Balaban J connectivity index is 2.60. The zero-order chi connectivity index (χ0) is 24.1. The minimum Gasteiger partial charge on any atom is -0.373 e. The Morgan fingerprint density at radius 1 is 1.16 bits per heavy atom. The molecule has 0 radical (unpaired) electrons. The van der Waals surface area contributed by atoms with E-state index in [4.69, 9.17) is 13.1 Å². The molecule has 1 aromatic carbocycles. The average molecular weight is 468 g/mol. The molecule has 1 aromatic heterocycles. The summed E-state index contributed by atoms with van der Waals surface area (Å²) in [4.78, 5) is 12.1. The van der Waals surface area contributed by atoms with Gasteiger partial charge in [0.25, 0.3) is 11.6 Å². The highest BCUT2D eigenvalue weighted by atomic mass is 32.2. The zero-order valence-electron chi connectivity index (χ0n) is 17.3. The van der Waals surface area contributed by atoms with Gasteiger partial charge in [0.2, 0.25) is 0 Å². The smallest absolute Gasteiger partial charge is 0.373 e. The summed E-state index contributed by atoms with van der Waals surface area (Å²) >= 11 is 0. The number of anilines is 2. The van der Waals surface area contributed by atoms with Crippen LogP contribution in [0.3, 0.4) is 0 Å². The molecule has 0 saturated carbocycles. The highest BCUT2D eigenvalue weighted by molar-refractivity contribution is 7.93. The van der Waals surface area contributed by atoms with Gasteiger partial charge in [-0.15, -0.1) is 5.11 Å². The van der Waals surface area contributed by atoms with Crippen LogP contribution < -0.4 is 9.62 Å². The first kappa shape index (κ1) is 24.6. The number of hydrogen-bond acceptors (Lipinski definition) is 6. The van der Waals surface area contributed by atoms with Crippen LogP contribution >= 0.6 is 0 Å². The second kappa shape index (κ2) is 9.65. The van der Waals surface area contributed by atoms with E-state index in [1.54, 1.807) is 17.9 Å². The normalized spacial score (nSPS) is 11.9. The van der Waals surface area contributed by atoms with Gasteiger partial charge in [-0.2, -0.15) is 21.6 Å². The Kier molecular flexibility index (Phi) is 7.43. The van der Waals surface area contributed by atoms with Gasteiger partial charge in [0.05, 0.1) is 12.2 Å². The summed E-state index contributed by atoms with van der Waals surface area (Å²) in [5.41, 5.74) is -5.68. The Morgan fingerprint density at radius 3 is 2.31 bits per heavy atom. The fourth-order valence-corrected chi connectivity index (χ4v) is 3.32. The van der Waals surface area contributed by atoms with Crippen LogP contribution in [-0.2, 0) is 16.6 Å². The van der Waals surface area contributed by atoms with Gasteiger partial charge in [-0.05, 0) is 39.0 Å². The maximum absolute atomic E-state index is 12.9. The fraction of sp³-hybridized carbons (Fsp3) is 0.389. The summed E-state index contributed by atoms with van der Waals surface area (Å²) in [5.74, 6) is -0.348. The number of benzene rings is 1. The monoisotopic (exact) mass is 468 g/mol. The SMILES string of the molecule is [C-]#[N+]c1nc(N=Nc2ccc(N(CC)CC)cc2NS(=O)(=O)C(F)(F)F)n(CC)c1[N+]#[C-]. The van der Waals surface area contributed by atoms with Crippen LogP contribution in [0.1, 0.15) is 20.8 Å². The number of nitrogens with one attached hydrogen (secondary N) is 1. The number of sulfonamides is 1. The summed E-state index contributed by atoms with van der Waals surface area (Å²) in [7, 11) is -5.71. The lowest BCUT2D eigenvalue weighted by atomic mass is 10.2. The quantitative estimate of drug-likeness (QED) is 0.407. The summed E-state index contributed by atoms with van der Waals surface area (Å²) in [6.07, 6.45) is 0. The molecule has 32 heavy (non-hydrogen) atoms. The molecule has 0 saturated heterocycles. The molecule has 0 fully saturated rings. The third kappa shape index (κ3) is 4.97. The maximum atomic E-state index is 12.9. The Morgan fingerprint density at radius 2 is 1.81 bits per heavy atom. The largest absolute Gasteiger partial charge is 0.516 e. The number of halogens is 3. The molecule has 0 atom stereocenters. The van der Waals surface area contributed by atoms with Crippen LogP contribution in [0.5, 0.6) is 0 Å². The molecule has 0 bridgehead atoms. The van der Waals surface area contributed by atoms with Crippen molar-refractivity contribution in [2.45, 2.75) is 32.8 Å². The molecule has 2 rings (SSSR count). The van der Waals surface area contributed by atoms with Crippen molar-refractivity contribution in [2.75, 3.05) is 22.7 Å². The molecule has 0 aliphatic carbocycles. The molecule has 1 heterocycles. The molecule has 1 N–H and O–H groups in total. The topological polar surface area (TPSA) is 101 Å². The van der Waals surface area contributed by atoms with Gasteiger partial charge in [0.15, 0.2) is 0 Å². The fourth-order valence-electron chi connectivity index (χ4n) is 2.75. The van der Waals surface area contributed by atoms with Gasteiger partial charge in [0.1, 0.15) is 5.69 Å². The molecule has 0 unspecified atom stereocenters. The predicted molar refractivity (Wildman–Crippen MR) is 113 cm³/mol. The van der Waals surface area contributed by atoms with Crippen LogP contribution in [0.15, 0.2) is 28.4 Å². The molecular formula is C18H19F3N8O2S. The van der Waals surface area contributed by atoms with Gasteiger partial charge in [0, 0.05) is 18.8 Å². The van der Waals surface area contributed by atoms with E-state index >= 15 is 0 Å². The van der Waals surface area contributed by atoms with Crippen LogP contribution in [0.2, 0.25) is 0 Å². The number of aromatic nitrogens is 2. The Labute approximate surface area is 183 Å². The molecule has 14 heteroatoms. The highest BCUT2D eigenvalue weighted by Gasteiger charge is 2.46. The predicted octanol–water partition coefficient (Wildman–Crippen LogP) is 5.53. The molecule has 0 aliphatic heterocycles. The lowest BCUT2D eigenvalue weighted by Crippen LogP contribution is -2.30. The van der Waals surface area contributed by atoms with Gasteiger partial charge < -0.3 is 14.6 Å². The van der Waals surface area contributed by atoms with Crippen molar-refractivity contribution in [1.82, 2.24) is 9.55 Å². The van der Waals surface area contributed by atoms with Crippen molar-refractivity contribution in [3.05, 3.63) is 41.0 Å². The molecule has 0 amide bonds. The molecule has 170 valence electrons. The molecule has 2 aromatic rings. The molecule has 10 nitrogen and oxygen atoms in total. The van der Waals surface area contributed by atoms with Crippen molar-refractivity contribution in [3.63, 3.8) is 0 Å². The second-order valence-corrected chi connectivity index (χ2v) is 7.83. The third-order valence-electron chi connectivity index (χ3n) is 4.34. The lowest BCUT2D eigenvalue weighted by Gasteiger charge is -2.22. The van der Waals surface area contributed by atoms with Gasteiger partial charge >= 0.3 is 21.5 Å². The van der Waals surface area contributed by atoms with E-state index in [-0.39, 0.29) is 29.8 Å². The van der Waals surface area contributed by atoms with Crippen molar-refractivity contribution in [2.24, 2.45) is 10.2 Å². The van der Waals surface area contributed by atoms with Crippen molar-refractivity contribution < 1.29 is 21.6 Å². The summed E-state index contributed by atoms with van der Waals surface area (Å²) in [6.45, 7) is 21.0. The minimum atomic E-state index is -5.71. The Hall–Kier alpha value is -3.65. The lowest BCUT2D eigenvalue weighted by molar-refractivity contribution is -0.0429. The van der Waals surface area contributed by atoms with E-state index in [2.05, 4.69) is 24.9 Å². The van der Waals surface area contributed by atoms with Gasteiger partial charge in [-0.3, -0.25) is 4.72 Å². The highest BCUT2D eigenvalue weighted by Crippen LogP contribution is 2.37. The second-order valence-electron chi connectivity index (χ2n) is 6.15. The standard InChI is InChI=1S/C18H19F3N8O2S/c1-6-28(7-2)12-9-10-13(14(11-12)27-32(30,31)18(19,20)21)25-26-17-24-15(22-4)16(23-5)29(17)8-3/h9-11,27H,6-8H2,1-3H3. The number of alkyl halides is 3. The summed E-state index contributed by atoms with van der Waals surface area (Å²) in [5, 5.41) is 7.70. The first-order valence-electron chi connectivity index (χ1n) is 9.28.